The molecule has 6 nitrogen and oxygen atoms in total. The van der Waals surface area contributed by atoms with Gasteiger partial charge in [-0.3, -0.25) is 14.4 Å². The summed E-state index contributed by atoms with van der Waals surface area (Å²) in [7, 11) is 0. The summed E-state index contributed by atoms with van der Waals surface area (Å²) in [5.74, 6) is -0.886. The normalized spacial score (nSPS) is 12.4. The zero-order valence-corrected chi connectivity index (χ0v) is 43.3. The molecule has 0 bridgehead atoms. The lowest BCUT2D eigenvalue weighted by molar-refractivity contribution is -0.167. The van der Waals surface area contributed by atoms with Crippen molar-refractivity contribution < 1.29 is 28.6 Å². The number of hydrogen-bond acceptors (Lipinski definition) is 6. The molecule has 0 saturated heterocycles. The van der Waals surface area contributed by atoms with Crippen LogP contribution in [-0.4, -0.2) is 37.2 Å². The van der Waals surface area contributed by atoms with Crippen LogP contribution in [0.2, 0.25) is 0 Å². The smallest absolute Gasteiger partial charge is 0.306 e. The van der Waals surface area contributed by atoms with Crippen LogP contribution < -0.4 is 0 Å². The third-order valence-corrected chi connectivity index (χ3v) is 12.3. The Morgan fingerprint density at radius 1 is 0.323 bits per heavy atom. The number of rotatable bonds is 51. The third kappa shape index (κ3) is 52.2. The maximum atomic E-state index is 12.8. The summed E-state index contributed by atoms with van der Waals surface area (Å²) in [6.45, 7) is 6.48. The molecule has 0 radical (unpaired) electrons. The molecule has 0 rings (SSSR count). The molecule has 0 N–H and O–H groups in total. The molecule has 0 aromatic rings. The Hall–Kier alpha value is -2.63. The van der Waals surface area contributed by atoms with Crippen LogP contribution in [0.5, 0.6) is 0 Å². The standard InChI is InChI=1S/C59H106O6/c1-4-7-10-13-16-19-22-24-26-28-29-30-32-33-35-37-40-43-46-49-52-58(61)64-55-56(54-63-57(60)51-48-45-42-39-21-18-15-12-9-6-3)65-59(62)53-50-47-44-41-38-36-34-31-27-25-23-20-17-14-11-8-5-2/h8,11-12,15,17,20,25,27,56H,4-7,9-10,13-14,16,18-19,21-24,26,28-55H2,1-3H3/b11-8-,15-12-,20-17-,27-25-. The Labute approximate surface area is 403 Å². The zero-order valence-electron chi connectivity index (χ0n) is 43.3. The van der Waals surface area contributed by atoms with E-state index in [1.807, 2.05) is 0 Å². The fourth-order valence-corrected chi connectivity index (χ4v) is 8.11. The second-order valence-corrected chi connectivity index (χ2v) is 18.8. The minimum absolute atomic E-state index is 0.0771. The molecule has 0 aliphatic rings. The Morgan fingerprint density at radius 3 is 1.02 bits per heavy atom. The fraction of sp³-hybridized carbons (Fsp3) is 0.814. The Kier molecular flexibility index (Phi) is 51.8. The second-order valence-electron chi connectivity index (χ2n) is 18.8. The van der Waals surface area contributed by atoms with E-state index in [1.54, 1.807) is 0 Å². The molecule has 1 atom stereocenters. The second kappa shape index (κ2) is 54.0. The van der Waals surface area contributed by atoms with E-state index in [9.17, 15) is 14.4 Å². The number of esters is 3. The Bertz CT molecular complexity index is 1140. The van der Waals surface area contributed by atoms with Crippen LogP contribution in [0.15, 0.2) is 48.6 Å². The van der Waals surface area contributed by atoms with Crippen molar-refractivity contribution in [2.75, 3.05) is 13.2 Å². The van der Waals surface area contributed by atoms with Gasteiger partial charge in [0.15, 0.2) is 6.10 Å². The molecule has 65 heavy (non-hydrogen) atoms. The maximum absolute atomic E-state index is 12.8. The molecule has 0 fully saturated rings. The molecule has 0 heterocycles. The van der Waals surface area contributed by atoms with E-state index in [-0.39, 0.29) is 31.1 Å². The van der Waals surface area contributed by atoms with Gasteiger partial charge in [-0.25, -0.2) is 0 Å². The first-order valence-corrected chi connectivity index (χ1v) is 28.1. The average molecular weight is 911 g/mol. The monoisotopic (exact) mass is 911 g/mol. The average Bonchev–Trinajstić information content (AvgIpc) is 3.30. The van der Waals surface area contributed by atoms with Crippen molar-refractivity contribution in [2.24, 2.45) is 0 Å². The van der Waals surface area contributed by atoms with Gasteiger partial charge in [-0.1, -0.05) is 249 Å². The van der Waals surface area contributed by atoms with Crippen LogP contribution in [0.1, 0.15) is 290 Å². The van der Waals surface area contributed by atoms with Gasteiger partial charge in [0.1, 0.15) is 13.2 Å². The summed E-state index contributed by atoms with van der Waals surface area (Å²) < 4.78 is 16.8. The molecule has 1 unspecified atom stereocenters. The van der Waals surface area contributed by atoms with Gasteiger partial charge in [-0.05, 0) is 70.6 Å². The first-order valence-electron chi connectivity index (χ1n) is 28.1. The lowest BCUT2D eigenvalue weighted by atomic mass is 10.0. The van der Waals surface area contributed by atoms with Gasteiger partial charge in [0.05, 0.1) is 0 Å². The summed E-state index contributed by atoms with van der Waals surface area (Å²) >= 11 is 0. The first-order chi connectivity index (χ1) is 32.0. The zero-order chi connectivity index (χ0) is 47.2. The molecular formula is C59H106O6. The van der Waals surface area contributed by atoms with Crippen molar-refractivity contribution in [1.29, 1.82) is 0 Å². The van der Waals surface area contributed by atoms with Crippen molar-refractivity contribution in [2.45, 2.75) is 297 Å². The molecule has 0 aliphatic carbocycles. The minimum Gasteiger partial charge on any atom is -0.462 e. The van der Waals surface area contributed by atoms with E-state index in [2.05, 4.69) is 69.4 Å². The van der Waals surface area contributed by atoms with E-state index in [4.69, 9.17) is 14.2 Å². The van der Waals surface area contributed by atoms with Gasteiger partial charge >= 0.3 is 17.9 Å². The van der Waals surface area contributed by atoms with Crippen molar-refractivity contribution in [3.63, 3.8) is 0 Å². The quantitative estimate of drug-likeness (QED) is 0.0262. The number of allylic oxidation sites excluding steroid dienone is 8. The highest BCUT2D eigenvalue weighted by molar-refractivity contribution is 5.71. The SMILES string of the molecule is CC/C=C\C/C=C\C/C=C\CCCCCCCCCC(=O)OC(COC(=O)CCCCCCC/C=C\CCC)COC(=O)CCCCCCCCCCCCCCCCCCCCCC. The van der Waals surface area contributed by atoms with Crippen molar-refractivity contribution in [3.05, 3.63) is 48.6 Å². The maximum Gasteiger partial charge on any atom is 0.306 e. The van der Waals surface area contributed by atoms with Crippen molar-refractivity contribution in [3.8, 4) is 0 Å². The van der Waals surface area contributed by atoms with Crippen LogP contribution in [-0.2, 0) is 28.6 Å². The van der Waals surface area contributed by atoms with Crippen LogP contribution >= 0.6 is 0 Å². The van der Waals surface area contributed by atoms with Gasteiger partial charge in [-0.15, -0.1) is 0 Å². The highest BCUT2D eigenvalue weighted by Gasteiger charge is 2.19. The molecule has 0 aromatic carbocycles. The predicted molar refractivity (Wildman–Crippen MR) is 279 cm³/mol. The van der Waals surface area contributed by atoms with E-state index in [1.165, 1.54) is 154 Å². The Morgan fingerprint density at radius 2 is 0.631 bits per heavy atom. The summed E-state index contributed by atoms with van der Waals surface area (Å²) in [5, 5.41) is 0. The van der Waals surface area contributed by atoms with Crippen molar-refractivity contribution in [1.82, 2.24) is 0 Å². The number of carbonyl (C=O) groups is 3. The summed E-state index contributed by atoms with van der Waals surface area (Å²) in [6.07, 6.45) is 65.4. The van der Waals surface area contributed by atoms with Gasteiger partial charge in [0.2, 0.25) is 0 Å². The molecule has 0 spiro atoms. The van der Waals surface area contributed by atoms with E-state index < -0.39 is 6.10 Å². The highest BCUT2D eigenvalue weighted by Crippen LogP contribution is 2.17. The van der Waals surface area contributed by atoms with Gasteiger partial charge in [0, 0.05) is 19.3 Å². The van der Waals surface area contributed by atoms with Crippen LogP contribution in [0.4, 0.5) is 0 Å². The molecule has 0 amide bonds. The van der Waals surface area contributed by atoms with Crippen LogP contribution in [0.25, 0.3) is 0 Å². The molecule has 378 valence electrons. The number of unbranched alkanes of at least 4 members (excludes halogenated alkanes) is 32. The lowest BCUT2D eigenvalue weighted by Gasteiger charge is -2.18. The van der Waals surface area contributed by atoms with Crippen molar-refractivity contribution >= 4 is 17.9 Å². The third-order valence-electron chi connectivity index (χ3n) is 12.3. The van der Waals surface area contributed by atoms with E-state index >= 15 is 0 Å². The Balaban J connectivity index is 4.28. The number of carbonyl (C=O) groups excluding carboxylic acids is 3. The van der Waals surface area contributed by atoms with Crippen LogP contribution in [0, 0.1) is 0 Å². The first kappa shape index (κ1) is 62.4. The molecule has 6 heteroatoms. The summed E-state index contributed by atoms with van der Waals surface area (Å²) in [5.41, 5.74) is 0. The highest BCUT2D eigenvalue weighted by atomic mass is 16.6. The minimum atomic E-state index is -0.779. The van der Waals surface area contributed by atoms with Crippen LogP contribution in [0.3, 0.4) is 0 Å². The van der Waals surface area contributed by atoms with Gasteiger partial charge < -0.3 is 14.2 Å². The summed E-state index contributed by atoms with van der Waals surface area (Å²) in [6, 6.07) is 0. The number of hydrogen-bond donors (Lipinski definition) is 0. The van der Waals surface area contributed by atoms with Gasteiger partial charge in [0.25, 0.3) is 0 Å². The molecule has 0 aromatic heterocycles. The number of ether oxygens (including phenoxy) is 3. The largest absolute Gasteiger partial charge is 0.462 e. The molecule has 0 aliphatic heterocycles. The molecular weight excluding hydrogens is 805 g/mol. The van der Waals surface area contributed by atoms with E-state index in [0.29, 0.717) is 19.3 Å². The topological polar surface area (TPSA) is 78.9 Å². The van der Waals surface area contributed by atoms with Gasteiger partial charge in [-0.2, -0.15) is 0 Å². The van der Waals surface area contributed by atoms with E-state index in [0.717, 1.165) is 96.3 Å². The lowest BCUT2D eigenvalue weighted by Crippen LogP contribution is -2.30. The predicted octanol–water partition coefficient (Wildman–Crippen LogP) is 18.7. The molecule has 0 saturated carbocycles. The fourth-order valence-electron chi connectivity index (χ4n) is 8.11. The summed E-state index contributed by atoms with van der Waals surface area (Å²) in [4.78, 5) is 38.0.